The van der Waals surface area contributed by atoms with Crippen molar-refractivity contribution < 1.29 is 0 Å². The highest BCUT2D eigenvalue weighted by molar-refractivity contribution is 4.80. The zero-order chi connectivity index (χ0) is 13.8. The second-order valence-corrected chi connectivity index (χ2v) is 7.51. The van der Waals surface area contributed by atoms with E-state index in [0.717, 1.165) is 30.6 Å². The van der Waals surface area contributed by atoms with Crippen LogP contribution in [0.1, 0.15) is 65.2 Å². The molecule has 2 fully saturated rings. The minimum atomic E-state index is 0.826. The van der Waals surface area contributed by atoms with Crippen LogP contribution in [0, 0.1) is 11.8 Å². The van der Waals surface area contributed by atoms with Gasteiger partial charge in [-0.1, -0.05) is 39.5 Å². The molecule has 0 aromatic rings. The number of hydrogen-bond donors (Lipinski definition) is 0. The fourth-order valence-electron chi connectivity index (χ4n) is 4.19. The Labute approximate surface area is 120 Å². The molecule has 2 aliphatic rings. The molecular formula is C17H34N2. The minimum Gasteiger partial charge on any atom is -0.291 e. The molecule has 0 aliphatic heterocycles. The molecule has 19 heavy (non-hydrogen) atoms. The first-order valence-electron chi connectivity index (χ1n) is 8.46. The van der Waals surface area contributed by atoms with Crippen molar-refractivity contribution in [3.05, 3.63) is 0 Å². The van der Waals surface area contributed by atoms with E-state index >= 15 is 0 Å². The third-order valence-corrected chi connectivity index (χ3v) is 5.51. The average Bonchev–Trinajstić information content (AvgIpc) is 2.38. The molecule has 4 unspecified atom stereocenters. The summed E-state index contributed by atoms with van der Waals surface area (Å²) in [5.41, 5.74) is 0. The summed E-state index contributed by atoms with van der Waals surface area (Å²) in [6.07, 6.45) is 11.4. The summed E-state index contributed by atoms with van der Waals surface area (Å²) in [6, 6.07) is 1.65. The van der Waals surface area contributed by atoms with Gasteiger partial charge in [-0.05, 0) is 51.6 Å². The second-order valence-electron chi connectivity index (χ2n) is 7.51. The van der Waals surface area contributed by atoms with Crippen molar-refractivity contribution >= 4 is 0 Å². The van der Waals surface area contributed by atoms with Crippen molar-refractivity contribution in [2.24, 2.45) is 11.8 Å². The first kappa shape index (κ1) is 15.3. The van der Waals surface area contributed by atoms with Crippen molar-refractivity contribution in [1.29, 1.82) is 0 Å². The van der Waals surface area contributed by atoms with Gasteiger partial charge in [0.1, 0.15) is 0 Å². The molecule has 2 nitrogen and oxygen atoms in total. The van der Waals surface area contributed by atoms with E-state index in [2.05, 4.69) is 37.7 Å². The molecule has 0 N–H and O–H groups in total. The third-order valence-electron chi connectivity index (χ3n) is 5.51. The van der Waals surface area contributed by atoms with E-state index in [9.17, 15) is 0 Å². The van der Waals surface area contributed by atoms with Gasteiger partial charge in [-0.2, -0.15) is 0 Å². The van der Waals surface area contributed by atoms with Crippen LogP contribution >= 0.6 is 0 Å². The van der Waals surface area contributed by atoms with Crippen molar-refractivity contribution in [2.45, 2.75) is 77.3 Å². The van der Waals surface area contributed by atoms with Crippen molar-refractivity contribution in [3.8, 4) is 0 Å². The van der Waals surface area contributed by atoms with Gasteiger partial charge in [0.15, 0.2) is 0 Å². The molecule has 2 heteroatoms. The first-order valence-corrected chi connectivity index (χ1v) is 8.46. The summed E-state index contributed by atoms with van der Waals surface area (Å²) in [6.45, 7) is 6.01. The zero-order valence-corrected chi connectivity index (χ0v) is 13.6. The standard InChI is InChI=1S/C17H34N2/c1-14-7-5-9-16(11-14)18(3)13-19(4)17-10-6-8-15(2)12-17/h14-17H,5-13H2,1-4H3. The Balaban J connectivity index is 1.78. The quantitative estimate of drug-likeness (QED) is 0.711. The van der Waals surface area contributed by atoms with Crippen LogP contribution in [0.4, 0.5) is 0 Å². The predicted octanol–water partition coefficient (Wildman–Crippen LogP) is 3.96. The van der Waals surface area contributed by atoms with E-state index in [0.29, 0.717) is 0 Å². The molecule has 0 aromatic heterocycles. The Hall–Kier alpha value is -0.0800. The van der Waals surface area contributed by atoms with E-state index in [1.165, 1.54) is 51.4 Å². The van der Waals surface area contributed by atoms with Gasteiger partial charge in [0, 0.05) is 12.1 Å². The lowest BCUT2D eigenvalue weighted by Crippen LogP contribution is -2.46. The van der Waals surface area contributed by atoms with Gasteiger partial charge in [-0.15, -0.1) is 0 Å². The summed E-state index contributed by atoms with van der Waals surface area (Å²) in [5, 5.41) is 0. The van der Waals surface area contributed by atoms with Crippen LogP contribution in [0.25, 0.3) is 0 Å². The monoisotopic (exact) mass is 266 g/mol. The fraction of sp³-hybridized carbons (Fsp3) is 1.00. The number of rotatable bonds is 4. The van der Waals surface area contributed by atoms with Gasteiger partial charge in [0.05, 0.1) is 6.67 Å². The van der Waals surface area contributed by atoms with E-state index in [1.54, 1.807) is 0 Å². The van der Waals surface area contributed by atoms with Crippen LogP contribution in [-0.4, -0.2) is 42.6 Å². The predicted molar refractivity (Wildman–Crippen MR) is 83.2 cm³/mol. The summed E-state index contributed by atoms with van der Waals surface area (Å²) < 4.78 is 0. The summed E-state index contributed by atoms with van der Waals surface area (Å²) in [5.74, 6) is 1.86. The van der Waals surface area contributed by atoms with Crippen LogP contribution in [-0.2, 0) is 0 Å². The molecule has 0 saturated heterocycles. The Morgan fingerprint density at radius 1 is 0.737 bits per heavy atom. The van der Waals surface area contributed by atoms with Crippen molar-refractivity contribution in [1.82, 2.24) is 9.80 Å². The van der Waals surface area contributed by atoms with E-state index in [1.807, 2.05) is 0 Å². The maximum absolute atomic E-state index is 2.62. The van der Waals surface area contributed by atoms with Crippen LogP contribution in [0.15, 0.2) is 0 Å². The van der Waals surface area contributed by atoms with Crippen LogP contribution in [0.3, 0.4) is 0 Å². The fourth-order valence-corrected chi connectivity index (χ4v) is 4.19. The minimum absolute atomic E-state index is 0.826. The largest absolute Gasteiger partial charge is 0.291 e. The van der Waals surface area contributed by atoms with Gasteiger partial charge in [0.25, 0.3) is 0 Å². The topological polar surface area (TPSA) is 6.48 Å². The van der Waals surface area contributed by atoms with Gasteiger partial charge in [0.2, 0.25) is 0 Å². The molecule has 0 bridgehead atoms. The van der Waals surface area contributed by atoms with Gasteiger partial charge in [-0.3, -0.25) is 9.80 Å². The molecule has 0 heterocycles. The Bertz CT molecular complexity index is 240. The molecule has 112 valence electrons. The summed E-state index contributed by atoms with van der Waals surface area (Å²) in [4.78, 5) is 5.24. The van der Waals surface area contributed by atoms with E-state index in [4.69, 9.17) is 0 Å². The van der Waals surface area contributed by atoms with Gasteiger partial charge < -0.3 is 0 Å². The maximum Gasteiger partial charge on any atom is 0.0505 e. The highest BCUT2D eigenvalue weighted by atomic mass is 15.3. The molecule has 0 aromatic carbocycles. The van der Waals surface area contributed by atoms with Crippen molar-refractivity contribution in [2.75, 3.05) is 20.8 Å². The lowest BCUT2D eigenvalue weighted by Gasteiger charge is -2.40. The normalized spacial score (nSPS) is 36.9. The van der Waals surface area contributed by atoms with Gasteiger partial charge >= 0.3 is 0 Å². The first-order chi connectivity index (χ1) is 9.06. The van der Waals surface area contributed by atoms with Crippen molar-refractivity contribution in [3.63, 3.8) is 0 Å². The van der Waals surface area contributed by atoms with E-state index in [-0.39, 0.29) is 0 Å². The average molecular weight is 266 g/mol. The molecule has 4 atom stereocenters. The Kier molecular flexibility index (Phi) is 5.70. The summed E-state index contributed by atoms with van der Waals surface area (Å²) >= 11 is 0. The molecule has 0 radical (unpaired) electrons. The highest BCUT2D eigenvalue weighted by Crippen LogP contribution is 2.29. The van der Waals surface area contributed by atoms with Crippen LogP contribution in [0.2, 0.25) is 0 Å². The molecule has 0 spiro atoms. The molecule has 2 aliphatic carbocycles. The Morgan fingerprint density at radius 2 is 1.16 bits per heavy atom. The Morgan fingerprint density at radius 3 is 1.53 bits per heavy atom. The molecule has 0 amide bonds. The zero-order valence-electron chi connectivity index (χ0n) is 13.6. The second kappa shape index (κ2) is 7.08. The molecular weight excluding hydrogens is 232 g/mol. The lowest BCUT2D eigenvalue weighted by molar-refractivity contribution is 0.0600. The smallest absolute Gasteiger partial charge is 0.0505 e. The SMILES string of the molecule is CC1CCCC(N(C)CN(C)C2CCCC(C)C2)C1. The lowest BCUT2D eigenvalue weighted by atomic mass is 9.86. The summed E-state index contributed by atoms with van der Waals surface area (Å²) in [7, 11) is 4.68. The number of hydrogen-bond acceptors (Lipinski definition) is 2. The third kappa shape index (κ3) is 4.46. The number of nitrogens with zero attached hydrogens (tertiary/aromatic N) is 2. The molecule has 2 rings (SSSR count). The highest BCUT2D eigenvalue weighted by Gasteiger charge is 2.26. The van der Waals surface area contributed by atoms with Crippen LogP contribution in [0.5, 0.6) is 0 Å². The maximum atomic E-state index is 2.62. The van der Waals surface area contributed by atoms with Crippen LogP contribution < -0.4 is 0 Å². The van der Waals surface area contributed by atoms with Gasteiger partial charge in [-0.25, -0.2) is 0 Å². The molecule has 2 saturated carbocycles. The van der Waals surface area contributed by atoms with E-state index < -0.39 is 0 Å².